The molecule has 2 saturated heterocycles. The third-order valence-electron chi connectivity index (χ3n) is 4.96. The summed E-state index contributed by atoms with van der Waals surface area (Å²) in [5.41, 5.74) is 7.80. The van der Waals surface area contributed by atoms with Crippen molar-refractivity contribution >= 4 is 29.4 Å². The van der Waals surface area contributed by atoms with Crippen LogP contribution < -0.4 is 21.3 Å². The smallest absolute Gasteiger partial charge is 0.227 e. The Morgan fingerprint density at radius 2 is 2.24 bits per heavy atom. The summed E-state index contributed by atoms with van der Waals surface area (Å²) in [4.78, 5) is 10.6. The van der Waals surface area contributed by atoms with Gasteiger partial charge < -0.3 is 26.7 Å². The van der Waals surface area contributed by atoms with Crippen molar-refractivity contribution in [2.75, 3.05) is 42.1 Å². The summed E-state index contributed by atoms with van der Waals surface area (Å²) in [6.45, 7) is 3.82. The summed E-state index contributed by atoms with van der Waals surface area (Å²) in [7, 11) is 0. The van der Waals surface area contributed by atoms with Gasteiger partial charge in [-0.15, -0.1) is 0 Å². The molecule has 0 amide bonds. The van der Waals surface area contributed by atoms with Gasteiger partial charge in [0.05, 0.1) is 6.20 Å². The van der Waals surface area contributed by atoms with E-state index in [1.807, 2.05) is 0 Å². The molecule has 0 aliphatic carbocycles. The molecule has 1 spiro atoms. The Kier molecular flexibility index (Phi) is 3.76. The highest BCUT2D eigenvalue weighted by atomic mass is 19.1. The SMILES string of the molecule is N=Cc1cc(Nc2nc(N3CCC4(CNC4)C3)ncc2F)ccc1N. The standard InChI is InChI=1S/C17H20FN7/c18-13-7-22-16(25-4-3-17(10-25)8-21-9-17)24-15(13)23-12-1-2-14(20)11(5-12)6-19/h1-2,5-7,19,21H,3-4,8-10,20H2,(H,22,23,24). The molecule has 0 unspecified atom stereocenters. The normalized spacial score (nSPS) is 18.2. The first kappa shape index (κ1) is 15.8. The monoisotopic (exact) mass is 341 g/mol. The number of nitrogen functional groups attached to an aromatic ring is 1. The number of anilines is 4. The summed E-state index contributed by atoms with van der Waals surface area (Å²) in [6.07, 6.45) is 3.46. The summed E-state index contributed by atoms with van der Waals surface area (Å²) < 4.78 is 14.1. The van der Waals surface area contributed by atoms with Gasteiger partial charge in [-0.2, -0.15) is 4.98 Å². The topological polar surface area (TPSA) is 103 Å². The maximum absolute atomic E-state index is 14.1. The molecular weight excluding hydrogens is 321 g/mol. The van der Waals surface area contributed by atoms with Crippen molar-refractivity contribution in [1.29, 1.82) is 5.41 Å². The van der Waals surface area contributed by atoms with E-state index in [-0.39, 0.29) is 5.82 Å². The van der Waals surface area contributed by atoms with E-state index in [2.05, 4.69) is 25.5 Å². The number of rotatable bonds is 4. The summed E-state index contributed by atoms with van der Waals surface area (Å²) in [6, 6.07) is 5.10. The Morgan fingerprint density at radius 3 is 2.92 bits per heavy atom. The van der Waals surface area contributed by atoms with Gasteiger partial charge in [-0.25, -0.2) is 9.37 Å². The zero-order valence-electron chi connectivity index (χ0n) is 13.7. The van der Waals surface area contributed by atoms with Crippen molar-refractivity contribution < 1.29 is 4.39 Å². The minimum Gasteiger partial charge on any atom is -0.398 e. The maximum atomic E-state index is 14.1. The Bertz CT molecular complexity index is 819. The molecule has 130 valence electrons. The van der Waals surface area contributed by atoms with E-state index >= 15 is 0 Å². The van der Waals surface area contributed by atoms with Gasteiger partial charge in [0.2, 0.25) is 5.95 Å². The molecule has 2 aliphatic heterocycles. The molecule has 0 bridgehead atoms. The molecular formula is C17H20FN7. The molecule has 1 aromatic carbocycles. The van der Waals surface area contributed by atoms with Gasteiger partial charge in [-0.05, 0) is 24.6 Å². The molecule has 3 heterocycles. The Labute approximate surface area is 145 Å². The first-order valence-electron chi connectivity index (χ1n) is 8.24. The first-order chi connectivity index (χ1) is 12.1. The van der Waals surface area contributed by atoms with Crippen molar-refractivity contribution in [1.82, 2.24) is 15.3 Å². The van der Waals surface area contributed by atoms with Crippen molar-refractivity contribution in [2.24, 2.45) is 5.41 Å². The molecule has 0 radical (unpaired) electrons. The minimum absolute atomic E-state index is 0.124. The van der Waals surface area contributed by atoms with Gasteiger partial charge in [0.25, 0.3) is 0 Å². The van der Waals surface area contributed by atoms with Gasteiger partial charge in [-0.3, -0.25) is 0 Å². The number of nitrogens with zero attached hydrogens (tertiary/aromatic N) is 3. The van der Waals surface area contributed by atoms with Crippen LogP contribution in [-0.2, 0) is 0 Å². The lowest BCUT2D eigenvalue weighted by molar-refractivity contribution is 0.199. The molecule has 4 rings (SSSR count). The van der Waals surface area contributed by atoms with Gasteiger partial charge in [-0.1, -0.05) is 0 Å². The zero-order valence-corrected chi connectivity index (χ0v) is 13.7. The Balaban J connectivity index is 1.57. The van der Waals surface area contributed by atoms with Crippen LogP contribution in [0, 0.1) is 16.6 Å². The van der Waals surface area contributed by atoms with E-state index in [1.54, 1.807) is 18.2 Å². The first-order valence-corrected chi connectivity index (χ1v) is 8.24. The van der Waals surface area contributed by atoms with Crippen molar-refractivity contribution in [3.63, 3.8) is 0 Å². The fraction of sp³-hybridized carbons (Fsp3) is 0.353. The number of benzene rings is 1. The predicted octanol–water partition coefficient (Wildman–Crippen LogP) is 1.74. The number of nitrogens with two attached hydrogens (primary N) is 1. The number of hydrogen-bond acceptors (Lipinski definition) is 7. The molecule has 5 N–H and O–H groups in total. The lowest BCUT2D eigenvalue weighted by Crippen LogP contribution is -2.54. The van der Waals surface area contributed by atoms with Gasteiger partial charge in [0.1, 0.15) is 0 Å². The van der Waals surface area contributed by atoms with Crippen LogP contribution in [0.25, 0.3) is 0 Å². The highest BCUT2D eigenvalue weighted by molar-refractivity contribution is 5.87. The predicted molar refractivity (Wildman–Crippen MR) is 96.1 cm³/mol. The fourth-order valence-electron chi connectivity index (χ4n) is 3.39. The van der Waals surface area contributed by atoms with E-state index in [1.165, 1.54) is 12.4 Å². The number of nitrogens with one attached hydrogen (secondary N) is 3. The second kappa shape index (κ2) is 5.96. The Hall–Kier alpha value is -2.74. The molecule has 25 heavy (non-hydrogen) atoms. The minimum atomic E-state index is -0.517. The lowest BCUT2D eigenvalue weighted by atomic mass is 9.81. The van der Waals surface area contributed by atoms with E-state index in [0.29, 0.717) is 28.3 Å². The Morgan fingerprint density at radius 1 is 1.40 bits per heavy atom. The van der Waals surface area contributed by atoms with Crippen molar-refractivity contribution in [3.8, 4) is 0 Å². The van der Waals surface area contributed by atoms with Crippen LogP contribution in [0.15, 0.2) is 24.4 Å². The molecule has 2 aliphatic rings. The molecule has 2 fully saturated rings. The van der Waals surface area contributed by atoms with Gasteiger partial charge in [0.15, 0.2) is 11.6 Å². The van der Waals surface area contributed by atoms with Crippen LogP contribution >= 0.6 is 0 Å². The van der Waals surface area contributed by atoms with Crippen LogP contribution in [0.3, 0.4) is 0 Å². The zero-order chi connectivity index (χ0) is 17.4. The van der Waals surface area contributed by atoms with Crippen LogP contribution in [0.2, 0.25) is 0 Å². The van der Waals surface area contributed by atoms with Crippen LogP contribution in [0.1, 0.15) is 12.0 Å². The fourth-order valence-corrected chi connectivity index (χ4v) is 3.39. The number of halogens is 1. The van der Waals surface area contributed by atoms with E-state index in [4.69, 9.17) is 11.1 Å². The van der Waals surface area contributed by atoms with Gasteiger partial charge in [0, 0.05) is 54.7 Å². The van der Waals surface area contributed by atoms with Crippen LogP contribution in [-0.4, -0.2) is 42.4 Å². The van der Waals surface area contributed by atoms with Crippen molar-refractivity contribution in [2.45, 2.75) is 6.42 Å². The van der Waals surface area contributed by atoms with Crippen LogP contribution in [0.4, 0.5) is 27.5 Å². The van der Waals surface area contributed by atoms with E-state index in [0.717, 1.165) is 32.6 Å². The number of aromatic nitrogens is 2. The summed E-state index contributed by atoms with van der Waals surface area (Å²) in [5.74, 6) is 0.144. The van der Waals surface area contributed by atoms with Crippen molar-refractivity contribution in [3.05, 3.63) is 35.8 Å². The molecule has 8 heteroatoms. The van der Waals surface area contributed by atoms with E-state index < -0.39 is 5.82 Å². The second-order valence-corrected chi connectivity index (χ2v) is 6.75. The molecule has 0 saturated carbocycles. The average Bonchev–Trinajstić information content (AvgIpc) is 3.04. The third kappa shape index (κ3) is 2.89. The molecule has 7 nitrogen and oxygen atoms in total. The molecule has 2 aromatic rings. The van der Waals surface area contributed by atoms with Crippen LogP contribution in [0.5, 0.6) is 0 Å². The highest BCUT2D eigenvalue weighted by Crippen LogP contribution is 2.35. The van der Waals surface area contributed by atoms with E-state index in [9.17, 15) is 4.39 Å². The summed E-state index contributed by atoms with van der Waals surface area (Å²) in [5, 5.41) is 13.6. The number of hydrogen-bond donors (Lipinski definition) is 4. The average molecular weight is 341 g/mol. The largest absolute Gasteiger partial charge is 0.398 e. The third-order valence-corrected chi connectivity index (χ3v) is 4.96. The lowest BCUT2D eigenvalue weighted by Gasteiger charge is -2.38. The summed E-state index contributed by atoms with van der Waals surface area (Å²) >= 11 is 0. The van der Waals surface area contributed by atoms with Gasteiger partial charge >= 0.3 is 0 Å². The molecule has 1 aromatic heterocycles. The highest BCUT2D eigenvalue weighted by Gasteiger charge is 2.43. The second-order valence-electron chi connectivity index (χ2n) is 6.75. The maximum Gasteiger partial charge on any atom is 0.227 e. The quantitative estimate of drug-likeness (QED) is 0.499. The molecule has 0 atom stereocenters.